The molecule has 0 heterocycles. The third-order valence-electron chi connectivity index (χ3n) is 3.37. The quantitative estimate of drug-likeness (QED) is 0.580. The molecule has 2 aromatic carbocycles. The first kappa shape index (κ1) is 17.2. The van der Waals surface area contributed by atoms with Gasteiger partial charge in [0.2, 0.25) is 0 Å². The summed E-state index contributed by atoms with van der Waals surface area (Å²) in [5.41, 5.74) is 1.99. The largest absolute Gasteiger partial charge is 0.426 e. The lowest BCUT2D eigenvalue weighted by Gasteiger charge is -2.22. The van der Waals surface area contributed by atoms with Gasteiger partial charge in [0.05, 0.1) is 12.7 Å². The van der Waals surface area contributed by atoms with Crippen LogP contribution in [0.1, 0.15) is 24.2 Å². The predicted molar refractivity (Wildman–Crippen MR) is 90.3 cm³/mol. The average molecular weight is 313 g/mol. The van der Waals surface area contributed by atoms with Gasteiger partial charge in [-0.2, -0.15) is 0 Å². The fraction of sp³-hybridized carbons (Fsp3) is 0.316. The van der Waals surface area contributed by atoms with Crippen molar-refractivity contribution in [3.05, 3.63) is 65.7 Å². The Bertz CT molecular complexity index is 626. The van der Waals surface area contributed by atoms with Crippen LogP contribution in [-0.4, -0.2) is 31.5 Å². The molecule has 2 rings (SSSR count). The Kier molecular flexibility index (Phi) is 6.32. The number of esters is 1. The van der Waals surface area contributed by atoms with E-state index in [1.165, 1.54) is 6.92 Å². The van der Waals surface area contributed by atoms with Crippen LogP contribution in [0.2, 0.25) is 0 Å². The monoisotopic (exact) mass is 313 g/mol. The van der Waals surface area contributed by atoms with Gasteiger partial charge >= 0.3 is 5.97 Å². The molecule has 1 unspecified atom stereocenters. The molecule has 4 nitrogen and oxygen atoms in total. The van der Waals surface area contributed by atoms with Gasteiger partial charge in [-0.05, 0) is 25.7 Å². The van der Waals surface area contributed by atoms with Crippen molar-refractivity contribution in [1.82, 2.24) is 4.90 Å². The molecular weight excluding hydrogens is 290 g/mol. The van der Waals surface area contributed by atoms with Crippen molar-refractivity contribution in [1.29, 1.82) is 0 Å². The second kappa shape index (κ2) is 8.46. The zero-order valence-electron chi connectivity index (χ0n) is 13.9. The Labute approximate surface area is 137 Å². The van der Waals surface area contributed by atoms with Crippen LogP contribution in [0.15, 0.2) is 54.6 Å². The van der Waals surface area contributed by atoms with E-state index in [2.05, 4.69) is 17.0 Å². The van der Waals surface area contributed by atoms with Crippen molar-refractivity contribution in [2.75, 3.05) is 20.6 Å². The van der Waals surface area contributed by atoms with Crippen LogP contribution in [0.5, 0.6) is 5.75 Å². The fourth-order valence-electron chi connectivity index (χ4n) is 2.32. The van der Waals surface area contributed by atoms with E-state index in [1.807, 2.05) is 50.5 Å². The SMILES string of the molecule is CC(=O)Oc1ccccc1COC(CN(C)C)c1ccccc1. The molecule has 0 spiro atoms. The molecule has 1 atom stereocenters. The van der Waals surface area contributed by atoms with Gasteiger partial charge in [-0.1, -0.05) is 48.5 Å². The van der Waals surface area contributed by atoms with Crippen molar-refractivity contribution in [2.45, 2.75) is 19.6 Å². The van der Waals surface area contributed by atoms with Crippen LogP contribution in [0, 0.1) is 0 Å². The lowest BCUT2D eigenvalue weighted by molar-refractivity contribution is -0.132. The number of hydrogen-bond donors (Lipinski definition) is 0. The summed E-state index contributed by atoms with van der Waals surface area (Å²) < 4.78 is 11.3. The summed E-state index contributed by atoms with van der Waals surface area (Å²) in [7, 11) is 4.04. The molecule has 2 aromatic rings. The zero-order chi connectivity index (χ0) is 16.7. The summed E-state index contributed by atoms with van der Waals surface area (Å²) in [6.07, 6.45) is -0.0448. The molecule has 0 aliphatic carbocycles. The summed E-state index contributed by atoms with van der Waals surface area (Å²) in [5.74, 6) is 0.224. The maximum atomic E-state index is 11.2. The smallest absolute Gasteiger partial charge is 0.308 e. The van der Waals surface area contributed by atoms with Crippen LogP contribution in [0.3, 0.4) is 0 Å². The molecule has 0 saturated heterocycles. The highest BCUT2D eigenvalue weighted by molar-refractivity contribution is 5.69. The van der Waals surface area contributed by atoms with Crippen molar-refractivity contribution < 1.29 is 14.3 Å². The minimum Gasteiger partial charge on any atom is -0.426 e. The molecule has 0 amide bonds. The van der Waals surface area contributed by atoms with Gasteiger partial charge in [0.1, 0.15) is 5.75 Å². The van der Waals surface area contributed by atoms with E-state index in [0.29, 0.717) is 12.4 Å². The molecule has 0 bridgehead atoms. The van der Waals surface area contributed by atoms with Crippen LogP contribution < -0.4 is 4.74 Å². The van der Waals surface area contributed by atoms with Gasteiger partial charge in [0, 0.05) is 19.0 Å². The van der Waals surface area contributed by atoms with Gasteiger partial charge in [-0.15, -0.1) is 0 Å². The maximum absolute atomic E-state index is 11.2. The van der Waals surface area contributed by atoms with Gasteiger partial charge in [-0.3, -0.25) is 4.79 Å². The van der Waals surface area contributed by atoms with Gasteiger partial charge < -0.3 is 14.4 Å². The molecule has 0 aliphatic heterocycles. The minimum absolute atomic E-state index is 0.0448. The molecule has 0 aromatic heterocycles. The first-order chi connectivity index (χ1) is 11.1. The molecule has 0 saturated carbocycles. The number of para-hydroxylation sites is 1. The average Bonchev–Trinajstić information content (AvgIpc) is 2.52. The summed E-state index contributed by atoms with van der Waals surface area (Å²) in [4.78, 5) is 13.3. The Balaban J connectivity index is 2.11. The number of rotatable bonds is 7. The van der Waals surface area contributed by atoms with E-state index in [-0.39, 0.29) is 12.1 Å². The highest BCUT2D eigenvalue weighted by Gasteiger charge is 2.14. The zero-order valence-corrected chi connectivity index (χ0v) is 13.9. The van der Waals surface area contributed by atoms with Crippen molar-refractivity contribution >= 4 is 5.97 Å². The predicted octanol–water partition coefficient (Wildman–Crippen LogP) is 3.43. The first-order valence-electron chi connectivity index (χ1n) is 7.64. The van der Waals surface area contributed by atoms with E-state index in [0.717, 1.165) is 17.7 Å². The number of carbonyl (C=O) groups excluding carboxylic acids is 1. The minimum atomic E-state index is -0.328. The molecule has 122 valence electrons. The molecule has 23 heavy (non-hydrogen) atoms. The van der Waals surface area contributed by atoms with Gasteiger partial charge in [0.15, 0.2) is 0 Å². The molecule has 4 heteroatoms. The maximum Gasteiger partial charge on any atom is 0.308 e. The van der Waals surface area contributed by atoms with Gasteiger partial charge in [0.25, 0.3) is 0 Å². The van der Waals surface area contributed by atoms with Gasteiger partial charge in [-0.25, -0.2) is 0 Å². The topological polar surface area (TPSA) is 38.8 Å². The standard InChI is InChI=1S/C19H23NO3/c1-15(21)23-18-12-8-7-11-17(18)14-22-19(13-20(2)3)16-9-5-4-6-10-16/h4-12,19H,13-14H2,1-3H3. The van der Waals surface area contributed by atoms with E-state index in [9.17, 15) is 4.79 Å². The Morgan fingerprint density at radius 2 is 1.70 bits per heavy atom. The Morgan fingerprint density at radius 3 is 2.35 bits per heavy atom. The summed E-state index contributed by atoms with van der Waals surface area (Å²) in [6, 6.07) is 17.6. The summed E-state index contributed by atoms with van der Waals surface area (Å²) in [5, 5.41) is 0. The third-order valence-corrected chi connectivity index (χ3v) is 3.37. The van der Waals surface area contributed by atoms with Crippen molar-refractivity contribution in [3.8, 4) is 5.75 Å². The lowest BCUT2D eigenvalue weighted by Crippen LogP contribution is -2.22. The number of likely N-dealkylation sites (N-methyl/N-ethyl adjacent to an activating group) is 1. The van der Waals surface area contributed by atoms with Crippen LogP contribution in [0.25, 0.3) is 0 Å². The van der Waals surface area contributed by atoms with Crippen LogP contribution >= 0.6 is 0 Å². The van der Waals surface area contributed by atoms with Crippen molar-refractivity contribution in [3.63, 3.8) is 0 Å². The highest BCUT2D eigenvalue weighted by atomic mass is 16.5. The van der Waals surface area contributed by atoms with E-state index in [1.54, 1.807) is 6.07 Å². The summed E-state index contributed by atoms with van der Waals surface area (Å²) in [6.45, 7) is 2.56. The van der Waals surface area contributed by atoms with E-state index >= 15 is 0 Å². The first-order valence-corrected chi connectivity index (χ1v) is 7.64. The number of ether oxygens (including phenoxy) is 2. The summed E-state index contributed by atoms with van der Waals surface area (Å²) >= 11 is 0. The normalized spacial score (nSPS) is 12.2. The molecule has 0 fully saturated rings. The Hall–Kier alpha value is -2.17. The van der Waals surface area contributed by atoms with Crippen LogP contribution in [0.4, 0.5) is 0 Å². The number of benzene rings is 2. The van der Waals surface area contributed by atoms with E-state index < -0.39 is 0 Å². The molecular formula is C19H23NO3. The number of hydrogen-bond acceptors (Lipinski definition) is 4. The van der Waals surface area contributed by atoms with E-state index in [4.69, 9.17) is 9.47 Å². The number of carbonyl (C=O) groups is 1. The molecule has 0 aliphatic rings. The fourth-order valence-corrected chi connectivity index (χ4v) is 2.32. The number of nitrogens with zero attached hydrogens (tertiary/aromatic N) is 1. The Morgan fingerprint density at radius 1 is 1.04 bits per heavy atom. The molecule has 0 N–H and O–H groups in total. The third kappa shape index (κ3) is 5.51. The highest BCUT2D eigenvalue weighted by Crippen LogP contribution is 2.24. The van der Waals surface area contributed by atoms with Crippen LogP contribution in [-0.2, 0) is 16.1 Å². The second-order valence-corrected chi connectivity index (χ2v) is 5.67. The molecule has 0 radical (unpaired) electrons. The van der Waals surface area contributed by atoms with Crippen molar-refractivity contribution in [2.24, 2.45) is 0 Å². The second-order valence-electron chi connectivity index (χ2n) is 5.67. The lowest BCUT2D eigenvalue weighted by atomic mass is 10.1.